The minimum atomic E-state index is -3.58. The Labute approximate surface area is 165 Å². The van der Waals surface area contributed by atoms with Gasteiger partial charge in [-0.05, 0) is 37.1 Å². The number of hydrogen-bond acceptors (Lipinski definition) is 6. The van der Waals surface area contributed by atoms with E-state index in [1.807, 2.05) is 6.07 Å². The molecule has 0 aliphatic carbocycles. The molecule has 0 unspecified atom stereocenters. The summed E-state index contributed by atoms with van der Waals surface area (Å²) >= 11 is 0. The Morgan fingerprint density at radius 2 is 1.75 bits per heavy atom. The smallest absolute Gasteiger partial charge is 0.338 e. The topological polar surface area (TPSA) is 108 Å². The number of esters is 1. The number of carbonyl (C=O) groups is 2. The largest absolute Gasteiger partial charge is 0.452 e. The first kappa shape index (κ1) is 21.9. The Morgan fingerprint density at radius 1 is 1.14 bits per heavy atom. The fourth-order valence-corrected chi connectivity index (χ4v) is 4.37. The Kier molecular flexibility index (Phi) is 7.96. The van der Waals surface area contributed by atoms with Crippen molar-refractivity contribution in [2.24, 2.45) is 0 Å². The Morgan fingerprint density at radius 3 is 2.32 bits per heavy atom. The lowest BCUT2D eigenvalue weighted by Crippen LogP contribution is -2.32. The van der Waals surface area contributed by atoms with Crippen LogP contribution in [0.3, 0.4) is 0 Å². The molecule has 0 saturated carbocycles. The van der Waals surface area contributed by atoms with Crippen LogP contribution in [-0.4, -0.2) is 62.8 Å². The SMILES string of the molecule is CN(CCC#N)C(=O)COC(=O)c1ccc(S(=O)(=O)N2CCCCCC2)cc1. The predicted octanol–water partition coefficient (Wildman–Crippen LogP) is 1.78. The third-order valence-corrected chi connectivity index (χ3v) is 6.52. The van der Waals surface area contributed by atoms with E-state index in [9.17, 15) is 18.0 Å². The zero-order valence-electron chi connectivity index (χ0n) is 16.0. The number of benzene rings is 1. The fourth-order valence-electron chi connectivity index (χ4n) is 2.86. The molecule has 2 rings (SSSR count). The van der Waals surface area contributed by atoms with Crippen LogP contribution in [0, 0.1) is 11.3 Å². The number of sulfonamides is 1. The van der Waals surface area contributed by atoms with Crippen molar-refractivity contribution in [3.05, 3.63) is 29.8 Å². The number of rotatable bonds is 7. The molecule has 1 saturated heterocycles. The number of ether oxygens (including phenoxy) is 1. The van der Waals surface area contributed by atoms with E-state index >= 15 is 0 Å². The van der Waals surface area contributed by atoms with E-state index in [1.54, 1.807) is 0 Å². The van der Waals surface area contributed by atoms with Crippen molar-refractivity contribution in [3.63, 3.8) is 0 Å². The molecule has 1 aromatic carbocycles. The Hall–Kier alpha value is -2.44. The average molecular weight is 407 g/mol. The fraction of sp³-hybridized carbons (Fsp3) is 0.526. The van der Waals surface area contributed by atoms with Crippen molar-refractivity contribution >= 4 is 21.9 Å². The molecule has 0 radical (unpaired) electrons. The van der Waals surface area contributed by atoms with Crippen molar-refractivity contribution in [1.29, 1.82) is 5.26 Å². The number of nitriles is 1. The first-order valence-corrected chi connectivity index (χ1v) is 10.7. The van der Waals surface area contributed by atoms with Gasteiger partial charge in [-0.25, -0.2) is 13.2 Å². The summed E-state index contributed by atoms with van der Waals surface area (Å²) < 4.78 is 31.9. The minimum Gasteiger partial charge on any atom is -0.452 e. The van der Waals surface area contributed by atoms with E-state index in [2.05, 4.69) is 0 Å². The molecule has 1 fully saturated rings. The van der Waals surface area contributed by atoms with Gasteiger partial charge in [0.05, 0.1) is 22.9 Å². The Balaban J connectivity index is 1.96. The summed E-state index contributed by atoms with van der Waals surface area (Å²) in [5.74, 6) is -1.12. The number of hydrogen-bond donors (Lipinski definition) is 0. The zero-order valence-corrected chi connectivity index (χ0v) is 16.8. The number of carbonyl (C=O) groups excluding carboxylic acids is 2. The monoisotopic (exact) mass is 407 g/mol. The molecular formula is C19H25N3O5S. The second-order valence-electron chi connectivity index (χ2n) is 6.64. The van der Waals surface area contributed by atoms with Gasteiger partial charge in [0.15, 0.2) is 6.61 Å². The van der Waals surface area contributed by atoms with Crippen molar-refractivity contribution in [3.8, 4) is 6.07 Å². The van der Waals surface area contributed by atoms with Crippen molar-refractivity contribution in [2.75, 3.05) is 33.3 Å². The highest BCUT2D eigenvalue weighted by Gasteiger charge is 2.25. The molecule has 0 bridgehead atoms. The summed E-state index contributed by atoms with van der Waals surface area (Å²) in [6.45, 7) is 0.839. The van der Waals surface area contributed by atoms with Gasteiger partial charge in [0, 0.05) is 26.7 Å². The first-order chi connectivity index (χ1) is 13.4. The maximum atomic E-state index is 12.7. The summed E-state index contributed by atoms with van der Waals surface area (Å²) in [5, 5.41) is 8.52. The second-order valence-corrected chi connectivity index (χ2v) is 8.58. The third-order valence-electron chi connectivity index (χ3n) is 4.60. The highest BCUT2D eigenvalue weighted by atomic mass is 32.2. The lowest BCUT2D eigenvalue weighted by molar-refractivity contribution is -0.133. The molecule has 0 aromatic heterocycles. The minimum absolute atomic E-state index is 0.137. The average Bonchev–Trinajstić information content (AvgIpc) is 3.00. The second kappa shape index (κ2) is 10.2. The molecule has 1 amide bonds. The predicted molar refractivity (Wildman–Crippen MR) is 102 cm³/mol. The van der Waals surface area contributed by atoms with Gasteiger partial charge >= 0.3 is 5.97 Å². The molecule has 152 valence electrons. The van der Waals surface area contributed by atoms with Gasteiger partial charge in [0.1, 0.15) is 0 Å². The normalized spacial score (nSPS) is 15.3. The standard InChI is InChI=1S/C19H25N3O5S/c1-21(12-6-11-20)18(23)15-27-19(24)16-7-9-17(10-8-16)28(25,26)22-13-4-2-3-5-14-22/h7-10H,2-6,12-15H2,1H3. The molecule has 1 heterocycles. The number of amides is 1. The molecule has 0 N–H and O–H groups in total. The summed E-state index contributed by atoms with van der Waals surface area (Å²) in [4.78, 5) is 25.4. The van der Waals surface area contributed by atoms with E-state index in [1.165, 1.54) is 40.5 Å². The lowest BCUT2D eigenvalue weighted by atomic mass is 10.2. The molecule has 28 heavy (non-hydrogen) atoms. The molecule has 1 aliphatic heterocycles. The van der Waals surface area contributed by atoms with Gasteiger partial charge in [-0.1, -0.05) is 12.8 Å². The van der Waals surface area contributed by atoms with E-state index in [4.69, 9.17) is 10.00 Å². The van der Waals surface area contributed by atoms with Crippen LogP contribution in [0.1, 0.15) is 42.5 Å². The molecule has 1 aliphatic rings. The molecule has 0 atom stereocenters. The van der Waals surface area contributed by atoms with Crippen LogP contribution in [0.5, 0.6) is 0 Å². The van der Waals surface area contributed by atoms with Crippen LogP contribution in [0.15, 0.2) is 29.2 Å². The van der Waals surface area contributed by atoms with E-state index in [-0.39, 0.29) is 23.4 Å². The van der Waals surface area contributed by atoms with Crippen LogP contribution < -0.4 is 0 Å². The lowest BCUT2D eigenvalue weighted by Gasteiger charge is -2.20. The van der Waals surface area contributed by atoms with Crippen molar-refractivity contribution in [2.45, 2.75) is 37.0 Å². The van der Waals surface area contributed by atoms with Crippen molar-refractivity contribution in [1.82, 2.24) is 9.21 Å². The van der Waals surface area contributed by atoms with Crippen LogP contribution >= 0.6 is 0 Å². The maximum absolute atomic E-state index is 12.7. The highest BCUT2D eigenvalue weighted by Crippen LogP contribution is 2.20. The first-order valence-electron chi connectivity index (χ1n) is 9.24. The van der Waals surface area contributed by atoms with Crippen molar-refractivity contribution < 1.29 is 22.7 Å². The molecule has 1 aromatic rings. The molecule has 0 spiro atoms. The number of likely N-dealkylation sites (N-methyl/N-ethyl adjacent to an activating group) is 1. The maximum Gasteiger partial charge on any atom is 0.338 e. The quantitative estimate of drug-likeness (QED) is 0.638. The summed E-state index contributed by atoms with van der Waals surface area (Å²) in [7, 11) is -2.06. The van der Waals surface area contributed by atoms with E-state index in [0.29, 0.717) is 13.1 Å². The van der Waals surface area contributed by atoms with Crippen LogP contribution in [0.25, 0.3) is 0 Å². The van der Waals surface area contributed by atoms with Crippen LogP contribution in [0.4, 0.5) is 0 Å². The molecule has 8 nitrogen and oxygen atoms in total. The van der Waals surface area contributed by atoms with Gasteiger partial charge in [0.2, 0.25) is 10.0 Å². The van der Waals surface area contributed by atoms with Gasteiger partial charge in [0.25, 0.3) is 5.91 Å². The Bertz CT molecular complexity index is 822. The molecular weight excluding hydrogens is 382 g/mol. The van der Waals surface area contributed by atoms with Crippen LogP contribution in [-0.2, 0) is 19.6 Å². The number of nitrogens with zero attached hydrogens (tertiary/aromatic N) is 3. The van der Waals surface area contributed by atoms with E-state index < -0.39 is 28.5 Å². The van der Waals surface area contributed by atoms with E-state index in [0.717, 1.165) is 25.7 Å². The van der Waals surface area contributed by atoms with Gasteiger partial charge < -0.3 is 9.64 Å². The summed E-state index contributed by atoms with van der Waals surface area (Å²) in [6.07, 6.45) is 3.95. The summed E-state index contributed by atoms with van der Waals surface area (Å²) in [6, 6.07) is 7.48. The van der Waals surface area contributed by atoms with Gasteiger partial charge in [-0.3, -0.25) is 4.79 Å². The third kappa shape index (κ3) is 5.78. The van der Waals surface area contributed by atoms with Gasteiger partial charge in [-0.2, -0.15) is 9.57 Å². The highest BCUT2D eigenvalue weighted by molar-refractivity contribution is 7.89. The van der Waals surface area contributed by atoms with Gasteiger partial charge in [-0.15, -0.1) is 0 Å². The zero-order chi connectivity index (χ0) is 20.6. The molecule has 9 heteroatoms. The summed E-state index contributed by atoms with van der Waals surface area (Å²) in [5.41, 5.74) is 0.169. The van der Waals surface area contributed by atoms with Crippen LogP contribution in [0.2, 0.25) is 0 Å².